The van der Waals surface area contributed by atoms with Gasteiger partial charge in [0.1, 0.15) is 5.65 Å². The van der Waals surface area contributed by atoms with Crippen LogP contribution in [0.25, 0.3) is 27.7 Å². The van der Waals surface area contributed by atoms with E-state index in [1.807, 2.05) is 47.0 Å². The van der Waals surface area contributed by atoms with Gasteiger partial charge < -0.3 is 9.80 Å². The molecular weight excluding hydrogens is 368 g/mol. The number of carbonyl (C=O) groups is 1. The molecule has 8 nitrogen and oxygen atoms in total. The van der Waals surface area contributed by atoms with Crippen LogP contribution in [-0.4, -0.2) is 65.5 Å². The fourth-order valence-electron chi connectivity index (χ4n) is 4.04. The molecule has 0 unspecified atom stereocenters. The first kappa shape index (κ1) is 17.8. The molecule has 1 aliphatic heterocycles. The van der Waals surface area contributed by atoms with Gasteiger partial charge in [-0.25, -0.2) is 15.4 Å². The summed E-state index contributed by atoms with van der Waals surface area (Å²) < 4.78 is 1.97. The van der Waals surface area contributed by atoms with Crippen LogP contribution in [0.3, 0.4) is 0 Å². The summed E-state index contributed by atoms with van der Waals surface area (Å²) in [4.78, 5) is 31.7. The minimum Gasteiger partial charge on any atom is -0.368 e. The normalized spacial score (nSPS) is 15.4. The quantitative estimate of drug-likeness (QED) is 0.540. The van der Waals surface area contributed by atoms with Crippen molar-refractivity contribution < 1.29 is 9.63 Å². The molecule has 0 atom stereocenters. The summed E-state index contributed by atoms with van der Waals surface area (Å²) in [5, 5.41) is 0.925. The van der Waals surface area contributed by atoms with Gasteiger partial charge in [-0.15, -0.1) is 0 Å². The van der Waals surface area contributed by atoms with Gasteiger partial charge in [-0.05, 0) is 31.3 Å². The van der Waals surface area contributed by atoms with Crippen LogP contribution < -0.4 is 10.4 Å². The molecule has 1 fully saturated rings. The third-order valence-corrected chi connectivity index (χ3v) is 5.53. The molecule has 0 saturated carbocycles. The summed E-state index contributed by atoms with van der Waals surface area (Å²) >= 11 is 0. The van der Waals surface area contributed by atoms with E-state index in [1.165, 1.54) is 7.11 Å². The minimum atomic E-state index is -0.331. The number of imidazole rings is 1. The third kappa shape index (κ3) is 2.88. The molecule has 1 aromatic carbocycles. The molecule has 0 bridgehead atoms. The number of pyridine rings is 2. The number of anilines is 1. The molecule has 4 heterocycles. The molecule has 148 valence electrons. The number of aromatic nitrogens is 3. The number of rotatable bonds is 3. The number of benzene rings is 1. The Kier molecular flexibility index (Phi) is 4.30. The molecule has 1 amide bonds. The number of carbonyl (C=O) groups excluding carboxylic acids is 1. The van der Waals surface area contributed by atoms with Crippen LogP contribution in [0.2, 0.25) is 0 Å². The maximum atomic E-state index is 12.8. The lowest BCUT2D eigenvalue weighted by Crippen LogP contribution is -2.44. The van der Waals surface area contributed by atoms with Gasteiger partial charge in [-0.1, -0.05) is 12.1 Å². The largest absolute Gasteiger partial charge is 0.368 e. The number of nitrogens with one attached hydrogen (secondary N) is 1. The van der Waals surface area contributed by atoms with Crippen LogP contribution in [-0.2, 0) is 4.84 Å². The molecule has 0 spiro atoms. The average molecular weight is 390 g/mol. The predicted molar refractivity (Wildman–Crippen MR) is 112 cm³/mol. The van der Waals surface area contributed by atoms with Crippen LogP contribution in [0.5, 0.6) is 0 Å². The number of hydrogen-bond acceptors (Lipinski definition) is 6. The van der Waals surface area contributed by atoms with Crippen molar-refractivity contribution in [2.45, 2.75) is 0 Å². The van der Waals surface area contributed by atoms with Crippen molar-refractivity contribution in [1.29, 1.82) is 0 Å². The van der Waals surface area contributed by atoms with Crippen molar-refractivity contribution >= 4 is 39.3 Å². The number of fused-ring (bicyclic) bond motifs is 5. The van der Waals surface area contributed by atoms with Gasteiger partial charge in [0.05, 0.1) is 23.7 Å². The average Bonchev–Trinajstić information content (AvgIpc) is 3.13. The Balaban J connectivity index is 1.83. The molecule has 0 aliphatic carbocycles. The topological polar surface area (TPSA) is 75.0 Å². The van der Waals surface area contributed by atoms with Gasteiger partial charge in [-0.3, -0.25) is 14.0 Å². The van der Waals surface area contributed by atoms with E-state index >= 15 is 0 Å². The van der Waals surface area contributed by atoms with Crippen molar-refractivity contribution in [3.05, 3.63) is 48.2 Å². The first-order valence-electron chi connectivity index (χ1n) is 9.63. The van der Waals surface area contributed by atoms with Crippen LogP contribution in [0, 0.1) is 0 Å². The monoisotopic (exact) mass is 390 g/mol. The van der Waals surface area contributed by atoms with E-state index in [2.05, 4.69) is 27.3 Å². The van der Waals surface area contributed by atoms with E-state index in [4.69, 9.17) is 9.82 Å². The molecular formula is C21H22N6O2. The molecule has 1 aliphatic rings. The number of hydrogen-bond donors (Lipinski definition) is 1. The molecule has 1 N–H and O–H groups in total. The van der Waals surface area contributed by atoms with Crippen LogP contribution in [0.15, 0.2) is 42.6 Å². The van der Waals surface area contributed by atoms with Gasteiger partial charge in [0.15, 0.2) is 5.65 Å². The number of nitrogens with zero attached hydrogens (tertiary/aromatic N) is 5. The molecule has 0 radical (unpaired) electrons. The second-order valence-corrected chi connectivity index (χ2v) is 7.31. The standard InChI is InChI=1S/C21H22N6O2/c1-25-9-11-26(12-10-25)17-7-8-22-19-14(17)13-15(21(28)24-29-2)20-23-16-5-3-4-6-18(16)27(19)20/h3-8,13H,9-12H2,1-2H3,(H,24,28). The maximum Gasteiger partial charge on any atom is 0.278 e. The fraction of sp³-hybridized carbons (Fsp3) is 0.286. The second kappa shape index (κ2) is 6.98. The molecule has 4 aromatic rings. The molecule has 3 aromatic heterocycles. The maximum absolute atomic E-state index is 12.8. The van der Waals surface area contributed by atoms with Crippen LogP contribution in [0.4, 0.5) is 5.69 Å². The Labute approximate surface area is 167 Å². The summed E-state index contributed by atoms with van der Waals surface area (Å²) in [7, 11) is 3.56. The number of likely N-dealkylation sites (N-methyl/N-ethyl adjacent to an activating group) is 1. The first-order chi connectivity index (χ1) is 14.2. The highest BCUT2D eigenvalue weighted by Gasteiger charge is 2.22. The lowest BCUT2D eigenvalue weighted by molar-refractivity contribution is 0.0539. The zero-order chi connectivity index (χ0) is 20.0. The van der Waals surface area contributed by atoms with Crippen molar-refractivity contribution in [3.63, 3.8) is 0 Å². The Bertz CT molecular complexity index is 1230. The Morgan fingerprint density at radius 1 is 1.10 bits per heavy atom. The summed E-state index contributed by atoms with van der Waals surface area (Å²) in [6, 6.07) is 11.7. The number of hydroxylamine groups is 1. The minimum absolute atomic E-state index is 0.331. The van der Waals surface area contributed by atoms with E-state index in [1.54, 1.807) is 0 Å². The number of amides is 1. The Morgan fingerprint density at radius 2 is 1.90 bits per heavy atom. The van der Waals surface area contributed by atoms with Gasteiger partial charge >= 0.3 is 0 Å². The molecule has 8 heteroatoms. The second-order valence-electron chi connectivity index (χ2n) is 7.31. The summed E-state index contributed by atoms with van der Waals surface area (Å²) in [5.41, 5.74) is 7.06. The summed E-state index contributed by atoms with van der Waals surface area (Å²) in [5.74, 6) is -0.331. The predicted octanol–water partition coefficient (Wildman–Crippen LogP) is 2.08. The van der Waals surface area contributed by atoms with Crippen LogP contribution >= 0.6 is 0 Å². The molecule has 5 rings (SSSR count). The highest BCUT2D eigenvalue weighted by atomic mass is 16.6. The van der Waals surface area contributed by atoms with E-state index in [9.17, 15) is 4.79 Å². The molecule has 1 saturated heterocycles. The zero-order valence-corrected chi connectivity index (χ0v) is 16.4. The summed E-state index contributed by atoms with van der Waals surface area (Å²) in [6.07, 6.45) is 1.83. The summed E-state index contributed by atoms with van der Waals surface area (Å²) in [6.45, 7) is 3.85. The SMILES string of the molecule is CONC(=O)c1cc2c(N3CCN(C)CC3)ccnc2n2c1nc1ccccc12. The van der Waals surface area contributed by atoms with Gasteiger partial charge in [0.2, 0.25) is 0 Å². The van der Waals surface area contributed by atoms with Gasteiger partial charge in [0, 0.05) is 43.4 Å². The highest BCUT2D eigenvalue weighted by Crippen LogP contribution is 2.31. The van der Waals surface area contributed by atoms with Crippen molar-refractivity contribution in [2.75, 3.05) is 45.2 Å². The third-order valence-electron chi connectivity index (χ3n) is 5.53. The lowest BCUT2D eigenvalue weighted by atomic mass is 10.1. The van der Waals surface area contributed by atoms with E-state index in [0.29, 0.717) is 11.2 Å². The van der Waals surface area contributed by atoms with Gasteiger partial charge in [-0.2, -0.15) is 0 Å². The fourth-order valence-corrected chi connectivity index (χ4v) is 4.04. The number of piperazine rings is 1. The molecule has 29 heavy (non-hydrogen) atoms. The van der Waals surface area contributed by atoms with Gasteiger partial charge in [0.25, 0.3) is 5.91 Å². The van der Waals surface area contributed by atoms with Crippen molar-refractivity contribution in [1.82, 2.24) is 24.7 Å². The highest BCUT2D eigenvalue weighted by molar-refractivity contribution is 6.07. The van der Waals surface area contributed by atoms with Crippen LogP contribution in [0.1, 0.15) is 10.4 Å². The Morgan fingerprint density at radius 3 is 2.69 bits per heavy atom. The smallest absolute Gasteiger partial charge is 0.278 e. The van der Waals surface area contributed by atoms with E-state index < -0.39 is 0 Å². The number of para-hydroxylation sites is 2. The lowest BCUT2D eigenvalue weighted by Gasteiger charge is -2.34. The zero-order valence-electron chi connectivity index (χ0n) is 16.4. The first-order valence-corrected chi connectivity index (χ1v) is 9.63. The van der Waals surface area contributed by atoms with Crippen molar-refractivity contribution in [3.8, 4) is 0 Å². The van der Waals surface area contributed by atoms with E-state index in [0.717, 1.165) is 53.9 Å². The van der Waals surface area contributed by atoms with E-state index in [-0.39, 0.29) is 5.91 Å². The van der Waals surface area contributed by atoms with Crippen molar-refractivity contribution in [2.24, 2.45) is 0 Å². The Hall–Kier alpha value is -3.23.